The molecule has 0 heterocycles. The molecule has 0 fully saturated rings. The summed E-state index contributed by atoms with van der Waals surface area (Å²) in [5.74, 6) is -2.66. The maximum Gasteiger partial charge on any atom is 0.244 e. The first kappa shape index (κ1) is 18.9. The Morgan fingerprint density at radius 3 is 2.40 bits per heavy atom. The Bertz CT molecular complexity index is 817. The number of carbonyl (C=O) groups is 2. The Balaban J connectivity index is 2.25. The molecule has 0 atom stereocenters. The van der Waals surface area contributed by atoms with Crippen LogP contribution < -0.4 is 10.2 Å². The van der Waals surface area contributed by atoms with Crippen molar-refractivity contribution < 1.29 is 18.4 Å². The minimum Gasteiger partial charge on any atom is -0.322 e. The van der Waals surface area contributed by atoms with Gasteiger partial charge in [-0.15, -0.1) is 0 Å². The lowest BCUT2D eigenvalue weighted by molar-refractivity contribution is -0.120. The molecule has 2 amide bonds. The Hall–Kier alpha value is -2.47. The van der Waals surface area contributed by atoms with Crippen LogP contribution >= 0.6 is 11.6 Å². The predicted octanol–water partition coefficient (Wildman–Crippen LogP) is 4.23. The normalized spacial score (nSPS) is 10.5. The molecule has 2 aromatic rings. The van der Waals surface area contributed by atoms with Gasteiger partial charge in [0.25, 0.3) is 0 Å². The molecular weight excluding hydrogens is 350 g/mol. The van der Waals surface area contributed by atoms with Crippen LogP contribution in [0.1, 0.15) is 18.1 Å². The van der Waals surface area contributed by atoms with Crippen molar-refractivity contribution in [2.45, 2.75) is 20.8 Å². The summed E-state index contributed by atoms with van der Waals surface area (Å²) >= 11 is 6.23. The summed E-state index contributed by atoms with van der Waals surface area (Å²) < 4.78 is 26.6. The molecule has 0 aliphatic carbocycles. The summed E-state index contributed by atoms with van der Waals surface area (Å²) in [7, 11) is 0. The van der Waals surface area contributed by atoms with E-state index in [2.05, 4.69) is 5.32 Å². The van der Waals surface area contributed by atoms with Gasteiger partial charge in [0, 0.05) is 13.0 Å². The molecule has 1 N–H and O–H groups in total. The van der Waals surface area contributed by atoms with Gasteiger partial charge in [0.2, 0.25) is 11.8 Å². The molecule has 0 bridgehead atoms. The van der Waals surface area contributed by atoms with Crippen LogP contribution in [0.15, 0.2) is 30.3 Å². The number of amides is 2. The number of hydrogen-bond acceptors (Lipinski definition) is 2. The van der Waals surface area contributed by atoms with Crippen molar-refractivity contribution in [1.29, 1.82) is 0 Å². The third-order valence-corrected chi connectivity index (χ3v) is 3.84. The second kappa shape index (κ2) is 7.61. The monoisotopic (exact) mass is 366 g/mol. The third kappa shape index (κ3) is 4.54. The molecule has 4 nitrogen and oxygen atoms in total. The molecule has 0 radical (unpaired) electrons. The average molecular weight is 367 g/mol. The highest BCUT2D eigenvalue weighted by atomic mass is 35.5. The Morgan fingerprint density at radius 2 is 1.84 bits per heavy atom. The van der Waals surface area contributed by atoms with Crippen LogP contribution in [-0.4, -0.2) is 18.4 Å². The minimum absolute atomic E-state index is 0.165. The van der Waals surface area contributed by atoms with Gasteiger partial charge in [-0.3, -0.25) is 9.59 Å². The van der Waals surface area contributed by atoms with Crippen LogP contribution in [0, 0.1) is 25.5 Å². The van der Waals surface area contributed by atoms with Gasteiger partial charge >= 0.3 is 0 Å². The topological polar surface area (TPSA) is 49.4 Å². The number of carbonyl (C=O) groups excluding carboxylic acids is 2. The van der Waals surface area contributed by atoms with E-state index in [1.54, 1.807) is 13.0 Å². The van der Waals surface area contributed by atoms with Crippen molar-refractivity contribution in [3.05, 3.63) is 58.1 Å². The van der Waals surface area contributed by atoms with Crippen molar-refractivity contribution in [1.82, 2.24) is 0 Å². The number of nitrogens with one attached hydrogen (secondary N) is 1. The van der Waals surface area contributed by atoms with Crippen molar-refractivity contribution in [2.75, 3.05) is 16.8 Å². The lowest BCUT2D eigenvalue weighted by atomic mass is 10.1. The first-order chi connectivity index (χ1) is 11.7. The summed E-state index contributed by atoms with van der Waals surface area (Å²) in [6.45, 7) is 4.60. The maximum absolute atomic E-state index is 13.6. The van der Waals surface area contributed by atoms with E-state index >= 15 is 0 Å². The molecule has 2 rings (SSSR count). The molecule has 7 heteroatoms. The van der Waals surface area contributed by atoms with Crippen molar-refractivity contribution in [3.8, 4) is 0 Å². The number of benzene rings is 2. The molecule has 0 saturated carbocycles. The minimum atomic E-state index is -0.896. The summed E-state index contributed by atoms with van der Waals surface area (Å²) in [4.78, 5) is 25.4. The second-order valence-corrected chi connectivity index (χ2v) is 6.10. The predicted molar refractivity (Wildman–Crippen MR) is 93.9 cm³/mol. The first-order valence-corrected chi connectivity index (χ1v) is 7.86. The maximum atomic E-state index is 13.6. The standard InChI is InChI=1S/C18H17ClF2N2O2/c1-10-6-11(2)18(14(19)7-10)23(12(3)24)9-17(25)22-16-5-4-13(20)8-15(16)21/h4-8H,9H2,1-3H3,(H,22,25). The summed E-state index contributed by atoms with van der Waals surface area (Å²) in [5, 5.41) is 2.67. The summed E-state index contributed by atoms with van der Waals surface area (Å²) in [6.07, 6.45) is 0. The summed E-state index contributed by atoms with van der Waals surface area (Å²) in [6, 6.07) is 6.35. The molecule has 132 valence electrons. The number of hydrogen-bond donors (Lipinski definition) is 1. The van der Waals surface area contributed by atoms with Gasteiger partial charge in [-0.25, -0.2) is 8.78 Å². The van der Waals surface area contributed by atoms with Crippen molar-refractivity contribution in [2.24, 2.45) is 0 Å². The van der Waals surface area contributed by atoms with Crippen LogP contribution in [-0.2, 0) is 9.59 Å². The zero-order chi connectivity index (χ0) is 18.7. The molecule has 0 saturated heterocycles. The molecule has 2 aromatic carbocycles. The molecule has 0 unspecified atom stereocenters. The molecule has 0 aromatic heterocycles. The van der Waals surface area contributed by atoms with Gasteiger partial charge in [0.1, 0.15) is 18.2 Å². The van der Waals surface area contributed by atoms with E-state index in [-0.39, 0.29) is 18.1 Å². The SMILES string of the molecule is CC(=O)N(CC(=O)Nc1ccc(F)cc1F)c1c(C)cc(C)cc1Cl. The number of anilines is 2. The fourth-order valence-corrected chi connectivity index (χ4v) is 2.95. The smallest absolute Gasteiger partial charge is 0.244 e. The average Bonchev–Trinajstić information content (AvgIpc) is 2.48. The van der Waals surface area contributed by atoms with Crippen LogP contribution in [0.4, 0.5) is 20.2 Å². The Labute approximate surface area is 149 Å². The summed E-state index contributed by atoms with van der Waals surface area (Å²) in [5.41, 5.74) is 1.92. The van der Waals surface area contributed by atoms with Gasteiger partial charge in [-0.05, 0) is 43.2 Å². The second-order valence-electron chi connectivity index (χ2n) is 5.69. The van der Waals surface area contributed by atoms with E-state index in [0.29, 0.717) is 16.8 Å². The van der Waals surface area contributed by atoms with Gasteiger partial charge in [-0.2, -0.15) is 0 Å². The van der Waals surface area contributed by atoms with Crippen molar-refractivity contribution in [3.63, 3.8) is 0 Å². The highest BCUT2D eigenvalue weighted by Gasteiger charge is 2.21. The van der Waals surface area contributed by atoms with Gasteiger partial charge in [0.05, 0.1) is 16.4 Å². The van der Waals surface area contributed by atoms with E-state index in [1.165, 1.54) is 11.8 Å². The van der Waals surface area contributed by atoms with E-state index in [9.17, 15) is 18.4 Å². The van der Waals surface area contributed by atoms with E-state index in [4.69, 9.17) is 11.6 Å². The number of rotatable bonds is 4. The Morgan fingerprint density at radius 1 is 1.16 bits per heavy atom. The van der Waals surface area contributed by atoms with Crippen LogP contribution in [0.25, 0.3) is 0 Å². The third-order valence-electron chi connectivity index (χ3n) is 3.56. The first-order valence-electron chi connectivity index (χ1n) is 7.48. The van der Waals surface area contributed by atoms with E-state index in [0.717, 1.165) is 23.3 Å². The van der Waals surface area contributed by atoms with E-state index < -0.39 is 17.5 Å². The van der Waals surface area contributed by atoms with Crippen LogP contribution in [0.5, 0.6) is 0 Å². The van der Waals surface area contributed by atoms with Crippen molar-refractivity contribution >= 4 is 34.8 Å². The number of halogens is 3. The lowest BCUT2D eigenvalue weighted by Crippen LogP contribution is -2.37. The largest absolute Gasteiger partial charge is 0.322 e. The number of nitrogens with zero attached hydrogens (tertiary/aromatic N) is 1. The zero-order valence-corrected chi connectivity index (χ0v) is 14.7. The fourth-order valence-electron chi connectivity index (χ4n) is 2.52. The van der Waals surface area contributed by atoms with Gasteiger partial charge < -0.3 is 10.2 Å². The van der Waals surface area contributed by atoms with Gasteiger partial charge in [-0.1, -0.05) is 17.7 Å². The highest BCUT2D eigenvalue weighted by Crippen LogP contribution is 2.31. The molecule has 25 heavy (non-hydrogen) atoms. The molecule has 0 spiro atoms. The Kier molecular flexibility index (Phi) is 5.74. The highest BCUT2D eigenvalue weighted by molar-refractivity contribution is 6.34. The van der Waals surface area contributed by atoms with Gasteiger partial charge in [0.15, 0.2) is 0 Å². The zero-order valence-electron chi connectivity index (χ0n) is 14.0. The molecular formula is C18H17ClF2N2O2. The molecule has 0 aliphatic rings. The fraction of sp³-hybridized carbons (Fsp3) is 0.222. The van der Waals surface area contributed by atoms with Crippen LogP contribution in [0.3, 0.4) is 0 Å². The molecule has 0 aliphatic heterocycles. The van der Waals surface area contributed by atoms with E-state index in [1.807, 2.05) is 13.0 Å². The number of aryl methyl sites for hydroxylation is 2. The van der Waals surface area contributed by atoms with Crippen LogP contribution in [0.2, 0.25) is 5.02 Å². The lowest BCUT2D eigenvalue weighted by Gasteiger charge is -2.24. The quantitative estimate of drug-likeness (QED) is 0.880.